The maximum atomic E-state index is 10.7. The molecule has 0 radical (unpaired) electrons. The van der Waals surface area contributed by atoms with Crippen LogP contribution in [0.3, 0.4) is 0 Å². The zero-order valence-electron chi connectivity index (χ0n) is 10.1. The number of benzene rings is 1. The Balaban J connectivity index is 1.95. The maximum absolute atomic E-state index is 10.7. The number of rotatable bonds is 5. The number of H-pyrrole nitrogens is 1. The van der Waals surface area contributed by atoms with Crippen molar-refractivity contribution in [1.29, 1.82) is 0 Å². The van der Waals surface area contributed by atoms with Gasteiger partial charge in [0.05, 0.1) is 0 Å². The minimum absolute atomic E-state index is 0.0823. The standard InChI is InChI=1S/C13H15N3O2/c1-2-9-3-5-10(6-4-9)8-14-12-7-11(13(17)18)15-16-12/h3-7H,2,8H2,1H3,(H,17,18)(H2,14,15,16). The van der Waals surface area contributed by atoms with E-state index in [0.717, 1.165) is 12.0 Å². The summed E-state index contributed by atoms with van der Waals surface area (Å²) in [5, 5.41) is 18.1. The Bertz CT molecular complexity index is 531. The highest BCUT2D eigenvalue weighted by atomic mass is 16.4. The minimum atomic E-state index is -1.01. The first-order valence-corrected chi connectivity index (χ1v) is 5.79. The molecule has 0 aliphatic carbocycles. The van der Waals surface area contributed by atoms with E-state index in [1.165, 1.54) is 11.6 Å². The summed E-state index contributed by atoms with van der Waals surface area (Å²) in [4.78, 5) is 10.7. The average Bonchev–Trinajstić information content (AvgIpc) is 2.86. The molecule has 18 heavy (non-hydrogen) atoms. The van der Waals surface area contributed by atoms with Gasteiger partial charge in [-0.25, -0.2) is 4.79 Å². The predicted molar refractivity (Wildman–Crippen MR) is 68.7 cm³/mol. The Morgan fingerprint density at radius 3 is 2.56 bits per heavy atom. The van der Waals surface area contributed by atoms with Gasteiger partial charge >= 0.3 is 5.97 Å². The van der Waals surface area contributed by atoms with Crippen LogP contribution >= 0.6 is 0 Å². The molecule has 1 aromatic heterocycles. The number of nitrogens with one attached hydrogen (secondary N) is 2. The molecule has 0 saturated carbocycles. The molecule has 2 aromatic rings. The summed E-state index contributed by atoms with van der Waals surface area (Å²) in [6, 6.07) is 9.75. The van der Waals surface area contributed by atoms with Gasteiger partial charge in [-0.3, -0.25) is 5.10 Å². The van der Waals surface area contributed by atoms with Crippen molar-refractivity contribution in [3.63, 3.8) is 0 Å². The van der Waals surface area contributed by atoms with E-state index in [1.807, 2.05) is 0 Å². The normalized spacial score (nSPS) is 10.3. The van der Waals surface area contributed by atoms with E-state index in [0.29, 0.717) is 12.4 Å². The highest BCUT2D eigenvalue weighted by Crippen LogP contribution is 2.09. The van der Waals surface area contributed by atoms with Crippen LogP contribution in [0, 0.1) is 0 Å². The van der Waals surface area contributed by atoms with Crippen molar-refractivity contribution >= 4 is 11.8 Å². The molecule has 0 aliphatic heterocycles. The fourth-order valence-corrected chi connectivity index (χ4v) is 1.61. The number of hydrogen-bond donors (Lipinski definition) is 3. The summed E-state index contributed by atoms with van der Waals surface area (Å²) in [6.07, 6.45) is 1.02. The van der Waals surface area contributed by atoms with E-state index < -0.39 is 5.97 Å². The minimum Gasteiger partial charge on any atom is -0.477 e. The van der Waals surface area contributed by atoms with E-state index in [4.69, 9.17) is 5.11 Å². The van der Waals surface area contributed by atoms with Gasteiger partial charge < -0.3 is 10.4 Å². The van der Waals surface area contributed by atoms with Crippen molar-refractivity contribution in [3.8, 4) is 0 Å². The molecule has 0 unspecified atom stereocenters. The lowest BCUT2D eigenvalue weighted by molar-refractivity contribution is 0.0690. The molecule has 0 aliphatic rings. The first kappa shape index (κ1) is 12.2. The average molecular weight is 245 g/mol. The van der Waals surface area contributed by atoms with Crippen molar-refractivity contribution in [2.24, 2.45) is 0 Å². The van der Waals surface area contributed by atoms with Crippen LogP contribution in [0.25, 0.3) is 0 Å². The lowest BCUT2D eigenvalue weighted by Gasteiger charge is -2.03. The van der Waals surface area contributed by atoms with Crippen LogP contribution in [-0.4, -0.2) is 21.3 Å². The molecule has 1 aromatic carbocycles. The van der Waals surface area contributed by atoms with Gasteiger partial charge in [0, 0.05) is 12.6 Å². The molecule has 5 heteroatoms. The Morgan fingerprint density at radius 2 is 2.00 bits per heavy atom. The molecule has 0 saturated heterocycles. The van der Waals surface area contributed by atoms with Crippen LogP contribution in [0.2, 0.25) is 0 Å². The lowest BCUT2D eigenvalue weighted by atomic mass is 10.1. The third-order valence-electron chi connectivity index (χ3n) is 2.71. The Labute approximate surface area is 105 Å². The second kappa shape index (κ2) is 5.35. The number of aromatic carboxylic acids is 1. The van der Waals surface area contributed by atoms with Crippen molar-refractivity contribution in [1.82, 2.24) is 10.2 Å². The van der Waals surface area contributed by atoms with Gasteiger partial charge in [-0.2, -0.15) is 5.10 Å². The van der Waals surface area contributed by atoms with Crippen LogP contribution in [0.4, 0.5) is 5.82 Å². The lowest BCUT2D eigenvalue weighted by Crippen LogP contribution is -1.99. The van der Waals surface area contributed by atoms with Crippen LogP contribution in [0.15, 0.2) is 30.3 Å². The third kappa shape index (κ3) is 2.88. The molecule has 0 amide bonds. The number of anilines is 1. The number of hydrogen-bond acceptors (Lipinski definition) is 3. The molecule has 2 rings (SSSR count). The Hall–Kier alpha value is -2.30. The van der Waals surface area contributed by atoms with E-state index in [1.54, 1.807) is 0 Å². The van der Waals surface area contributed by atoms with E-state index in [9.17, 15) is 4.79 Å². The number of aromatic amines is 1. The van der Waals surface area contributed by atoms with Gasteiger partial charge in [0.15, 0.2) is 0 Å². The quantitative estimate of drug-likeness (QED) is 0.755. The third-order valence-corrected chi connectivity index (χ3v) is 2.71. The summed E-state index contributed by atoms with van der Waals surface area (Å²) < 4.78 is 0. The number of aromatic nitrogens is 2. The summed E-state index contributed by atoms with van der Waals surface area (Å²) in [7, 11) is 0. The molecule has 0 atom stereocenters. The van der Waals surface area contributed by atoms with Crippen molar-refractivity contribution in [2.75, 3.05) is 5.32 Å². The maximum Gasteiger partial charge on any atom is 0.353 e. The molecule has 0 spiro atoms. The molecule has 5 nitrogen and oxygen atoms in total. The fraction of sp³-hybridized carbons (Fsp3) is 0.231. The first-order chi connectivity index (χ1) is 8.69. The first-order valence-electron chi connectivity index (χ1n) is 5.79. The fourth-order valence-electron chi connectivity index (χ4n) is 1.61. The number of carboxylic acids is 1. The van der Waals surface area contributed by atoms with Crippen molar-refractivity contribution in [2.45, 2.75) is 19.9 Å². The van der Waals surface area contributed by atoms with Gasteiger partial charge in [0.1, 0.15) is 11.5 Å². The van der Waals surface area contributed by atoms with Crippen LogP contribution < -0.4 is 5.32 Å². The zero-order valence-corrected chi connectivity index (χ0v) is 10.1. The van der Waals surface area contributed by atoms with Gasteiger partial charge in [-0.05, 0) is 17.5 Å². The molecule has 3 N–H and O–H groups in total. The summed E-state index contributed by atoms with van der Waals surface area (Å²) in [5.41, 5.74) is 2.51. The number of aryl methyl sites for hydroxylation is 1. The molecular formula is C13H15N3O2. The van der Waals surface area contributed by atoms with Crippen molar-refractivity contribution in [3.05, 3.63) is 47.2 Å². The highest BCUT2D eigenvalue weighted by molar-refractivity contribution is 5.86. The molecule has 0 fully saturated rings. The van der Waals surface area contributed by atoms with Gasteiger partial charge in [0.2, 0.25) is 0 Å². The van der Waals surface area contributed by atoms with Gasteiger partial charge in [-0.1, -0.05) is 31.2 Å². The molecule has 94 valence electrons. The van der Waals surface area contributed by atoms with Gasteiger partial charge in [0.25, 0.3) is 0 Å². The number of carboxylic acid groups (broad SMARTS) is 1. The van der Waals surface area contributed by atoms with Crippen molar-refractivity contribution < 1.29 is 9.90 Å². The SMILES string of the molecule is CCc1ccc(CNc2cc(C(=O)O)[nH]n2)cc1. The smallest absolute Gasteiger partial charge is 0.353 e. The van der Waals surface area contributed by atoms with Crippen LogP contribution in [0.1, 0.15) is 28.5 Å². The molecule has 1 heterocycles. The summed E-state index contributed by atoms with van der Waals surface area (Å²) in [5.74, 6) is -0.477. The second-order valence-electron chi connectivity index (χ2n) is 4.00. The molecule has 0 bridgehead atoms. The monoisotopic (exact) mass is 245 g/mol. The van der Waals surface area contributed by atoms with E-state index in [-0.39, 0.29) is 5.69 Å². The van der Waals surface area contributed by atoms with E-state index >= 15 is 0 Å². The van der Waals surface area contributed by atoms with Crippen LogP contribution in [0.5, 0.6) is 0 Å². The van der Waals surface area contributed by atoms with Crippen LogP contribution in [-0.2, 0) is 13.0 Å². The second-order valence-corrected chi connectivity index (χ2v) is 4.00. The number of carbonyl (C=O) groups is 1. The number of nitrogens with zero attached hydrogens (tertiary/aromatic N) is 1. The molecular weight excluding hydrogens is 230 g/mol. The van der Waals surface area contributed by atoms with Gasteiger partial charge in [-0.15, -0.1) is 0 Å². The van der Waals surface area contributed by atoms with E-state index in [2.05, 4.69) is 46.7 Å². The highest BCUT2D eigenvalue weighted by Gasteiger charge is 2.06. The summed E-state index contributed by atoms with van der Waals surface area (Å²) in [6.45, 7) is 2.73. The Kier molecular flexibility index (Phi) is 3.62. The zero-order chi connectivity index (χ0) is 13.0. The topological polar surface area (TPSA) is 78.0 Å². The predicted octanol–water partition coefficient (Wildman–Crippen LogP) is 2.28. The largest absolute Gasteiger partial charge is 0.477 e. The Morgan fingerprint density at radius 1 is 1.33 bits per heavy atom. The summed E-state index contributed by atoms with van der Waals surface area (Å²) >= 11 is 0.